The first-order valence-electron chi connectivity index (χ1n) is 5.29. The fourth-order valence-electron chi connectivity index (χ4n) is 1.94. The zero-order chi connectivity index (χ0) is 13.5. The van der Waals surface area contributed by atoms with Crippen molar-refractivity contribution in [2.45, 2.75) is 18.6 Å². The minimum Gasteiger partial charge on any atom is -0.308 e. The van der Waals surface area contributed by atoms with Crippen LogP contribution in [0.2, 0.25) is 0 Å². The summed E-state index contributed by atoms with van der Waals surface area (Å²) in [6.45, 7) is 1.47. The van der Waals surface area contributed by atoms with Crippen molar-refractivity contribution in [1.82, 2.24) is 0 Å². The van der Waals surface area contributed by atoms with Crippen LogP contribution in [-0.2, 0) is 13.8 Å². The van der Waals surface area contributed by atoms with Gasteiger partial charge in [0.05, 0.1) is 5.69 Å². The number of rotatable bonds is 2. The second-order valence-electron chi connectivity index (χ2n) is 4.21. The average molecular weight is 292 g/mol. The first-order chi connectivity index (χ1) is 8.30. The Hall–Kier alpha value is -1.14. The van der Waals surface area contributed by atoms with Crippen LogP contribution in [0.1, 0.15) is 12.0 Å². The quantitative estimate of drug-likeness (QED) is 0.781. The molecule has 0 radical (unpaired) electrons. The van der Waals surface area contributed by atoms with Crippen molar-refractivity contribution in [2.24, 2.45) is 0 Å². The summed E-state index contributed by atoms with van der Waals surface area (Å²) >= 11 is 0. The summed E-state index contributed by atoms with van der Waals surface area (Å²) < 4.78 is 36.3. The molecular formula is C11H11ClFNO3S. The molecule has 1 aliphatic heterocycles. The Morgan fingerprint density at radius 2 is 2.11 bits per heavy atom. The van der Waals surface area contributed by atoms with Crippen molar-refractivity contribution < 1.29 is 17.6 Å². The summed E-state index contributed by atoms with van der Waals surface area (Å²) in [6.07, 6.45) is -0.209. The van der Waals surface area contributed by atoms with Crippen LogP contribution in [0.3, 0.4) is 0 Å². The molecule has 4 nitrogen and oxygen atoms in total. The number of carbonyl (C=O) groups is 1. The standard InChI is InChI=1S/C11H11ClFNO3S/c1-7-3-2-4-9(11(7)13)14-6-8(5-10(14)15)18(12,16)17/h2-4,8H,5-6H2,1H3. The monoisotopic (exact) mass is 291 g/mol. The Labute approximate surface area is 109 Å². The van der Waals surface area contributed by atoms with Crippen LogP contribution in [0, 0.1) is 12.7 Å². The molecular weight excluding hydrogens is 281 g/mol. The Kier molecular flexibility index (Phi) is 3.33. The Morgan fingerprint density at radius 1 is 1.44 bits per heavy atom. The molecule has 1 amide bonds. The fraction of sp³-hybridized carbons (Fsp3) is 0.364. The van der Waals surface area contributed by atoms with E-state index in [1.807, 2.05) is 0 Å². The Balaban J connectivity index is 2.36. The number of amides is 1. The zero-order valence-corrected chi connectivity index (χ0v) is 11.1. The highest BCUT2D eigenvalue weighted by molar-refractivity contribution is 8.14. The van der Waals surface area contributed by atoms with Crippen LogP contribution in [0.25, 0.3) is 0 Å². The minimum absolute atomic E-state index is 0.0998. The van der Waals surface area contributed by atoms with Crippen molar-refractivity contribution in [3.63, 3.8) is 0 Å². The minimum atomic E-state index is -3.81. The van der Waals surface area contributed by atoms with Crippen LogP contribution >= 0.6 is 10.7 Å². The van der Waals surface area contributed by atoms with Gasteiger partial charge in [-0.25, -0.2) is 12.8 Å². The van der Waals surface area contributed by atoms with E-state index in [1.165, 1.54) is 6.07 Å². The van der Waals surface area contributed by atoms with E-state index in [0.717, 1.165) is 4.90 Å². The first kappa shape index (κ1) is 13.3. The van der Waals surface area contributed by atoms with Crippen LogP contribution in [0.15, 0.2) is 18.2 Å². The summed E-state index contributed by atoms with van der Waals surface area (Å²) in [5, 5.41) is -0.980. The van der Waals surface area contributed by atoms with Gasteiger partial charge in [0, 0.05) is 23.6 Å². The van der Waals surface area contributed by atoms with E-state index in [2.05, 4.69) is 0 Å². The highest BCUT2D eigenvalue weighted by Crippen LogP contribution is 2.29. The summed E-state index contributed by atoms with van der Waals surface area (Å²) in [5.41, 5.74) is 0.500. The number of hydrogen-bond donors (Lipinski definition) is 0. The highest BCUT2D eigenvalue weighted by atomic mass is 35.7. The van der Waals surface area contributed by atoms with Crippen molar-refractivity contribution in [2.75, 3.05) is 11.4 Å². The number of benzene rings is 1. The van der Waals surface area contributed by atoms with Gasteiger partial charge in [-0.1, -0.05) is 12.1 Å². The van der Waals surface area contributed by atoms with E-state index in [1.54, 1.807) is 19.1 Å². The number of halogens is 2. The summed E-state index contributed by atoms with van der Waals surface area (Å²) in [5.74, 6) is -0.952. The molecule has 18 heavy (non-hydrogen) atoms. The van der Waals surface area contributed by atoms with Crippen LogP contribution in [-0.4, -0.2) is 26.1 Å². The molecule has 0 aromatic heterocycles. The van der Waals surface area contributed by atoms with Crippen LogP contribution < -0.4 is 4.90 Å². The van der Waals surface area contributed by atoms with Gasteiger partial charge >= 0.3 is 0 Å². The molecule has 0 spiro atoms. The van der Waals surface area contributed by atoms with E-state index < -0.39 is 26.0 Å². The molecule has 1 aromatic rings. The molecule has 7 heteroatoms. The zero-order valence-electron chi connectivity index (χ0n) is 9.56. The van der Waals surface area contributed by atoms with E-state index in [4.69, 9.17) is 10.7 Å². The Morgan fingerprint density at radius 3 is 2.67 bits per heavy atom. The summed E-state index contributed by atoms with van der Waals surface area (Å²) in [4.78, 5) is 12.9. The molecule has 1 aromatic carbocycles. The summed E-state index contributed by atoms with van der Waals surface area (Å²) in [6, 6.07) is 4.64. The third kappa shape index (κ3) is 2.35. The number of aryl methyl sites for hydroxylation is 1. The maximum atomic E-state index is 13.9. The molecule has 2 rings (SSSR count). The van der Waals surface area contributed by atoms with E-state index >= 15 is 0 Å². The second-order valence-corrected chi connectivity index (χ2v) is 7.12. The summed E-state index contributed by atoms with van der Waals surface area (Å²) in [7, 11) is 1.42. The molecule has 0 saturated carbocycles. The van der Waals surface area contributed by atoms with Crippen LogP contribution in [0.5, 0.6) is 0 Å². The van der Waals surface area contributed by atoms with Gasteiger partial charge in [-0.2, -0.15) is 0 Å². The number of hydrogen-bond acceptors (Lipinski definition) is 3. The van der Waals surface area contributed by atoms with Gasteiger partial charge in [0.2, 0.25) is 15.0 Å². The first-order valence-corrected chi connectivity index (χ1v) is 7.67. The molecule has 1 fully saturated rings. The molecule has 1 unspecified atom stereocenters. The normalized spacial score (nSPS) is 20.5. The van der Waals surface area contributed by atoms with Gasteiger partial charge in [0.1, 0.15) is 11.1 Å². The molecule has 0 N–H and O–H groups in total. The maximum absolute atomic E-state index is 13.9. The lowest BCUT2D eigenvalue weighted by Crippen LogP contribution is -2.27. The van der Waals surface area contributed by atoms with Gasteiger partial charge in [-0.3, -0.25) is 4.79 Å². The van der Waals surface area contributed by atoms with Gasteiger partial charge in [0.15, 0.2) is 0 Å². The molecule has 1 saturated heterocycles. The van der Waals surface area contributed by atoms with Crippen LogP contribution in [0.4, 0.5) is 10.1 Å². The third-order valence-corrected chi connectivity index (χ3v) is 4.82. The van der Waals surface area contributed by atoms with E-state index in [0.29, 0.717) is 5.56 Å². The van der Waals surface area contributed by atoms with E-state index in [9.17, 15) is 17.6 Å². The number of nitrogens with zero attached hydrogens (tertiary/aromatic N) is 1. The number of anilines is 1. The SMILES string of the molecule is Cc1cccc(N2CC(S(=O)(=O)Cl)CC2=O)c1F. The smallest absolute Gasteiger partial charge is 0.237 e. The van der Waals surface area contributed by atoms with Gasteiger partial charge < -0.3 is 4.90 Å². The van der Waals surface area contributed by atoms with Crippen molar-refractivity contribution in [1.29, 1.82) is 0 Å². The maximum Gasteiger partial charge on any atom is 0.237 e. The van der Waals surface area contributed by atoms with Crippen molar-refractivity contribution in [3.05, 3.63) is 29.6 Å². The largest absolute Gasteiger partial charge is 0.308 e. The predicted molar refractivity (Wildman–Crippen MR) is 66.7 cm³/mol. The molecule has 1 heterocycles. The molecule has 98 valence electrons. The van der Waals surface area contributed by atoms with Gasteiger partial charge in [-0.05, 0) is 18.6 Å². The van der Waals surface area contributed by atoms with Crippen molar-refractivity contribution >= 4 is 31.3 Å². The molecule has 1 atom stereocenters. The predicted octanol–water partition coefficient (Wildman–Crippen LogP) is 1.81. The third-order valence-electron chi connectivity index (χ3n) is 2.95. The Bertz CT molecular complexity index is 602. The lowest BCUT2D eigenvalue weighted by atomic mass is 10.2. The average Bonchev–Trinajstić information content (AvgIpc) is 2.64. The molecule has 0 aliphatic carbocycles. The second kappa shape index (κ2) is 4.51. The topological polar surface area (TPSA) is 54.5 Å². The lowest BCUT2D eigenvalue weighted by molar-refractivity contribution is -0.117. The van der Waals surface area contributed by atoms with Gasteiger partial charge in [-0.15, -0.1) is 0 Å². The number of carbonyl (C=O) groups excluding carboxylic acids is 1. The van der Waals surface area contributed by atoms with Gasteiger partial charge in [0.25, 0.3) is 0 Å². The van der Waals surface area contributed by atoms with Crippen molar-refractivity contribution in [3.8, 4) is 0 Å². The fourth-order valence-corrected chi connectivity index (χ4v) is 2.96. The molecule has 1 aliphatic rings. The lowest BCUT2D eigenvalue weighted by Gasteiger charge is -2.17. The highest BCUT2D eigenvalue weighted by Gasteiger charge is 2.38. The van der Waals surface area contributed by atoms with E-state index in [-0.39, 0.29) is 18.7 Å². The molecule has 0 bridgehead atoms.